The average molecular weight is 319 g/mol. The maximum absolute atomic E-state index is 12.8. The lowest BCUT2D eigenvalue weighted by Crippen LogP contribution is -2.38. The van der Waals surface area contributed by atoms with E-state index in [1.165, 1.54) is 18.2 Å². The minimum Gasteiger partial charge on any atom is -0.433 e. The van der Waals surface area contributed by atoms with Crippen LogP contribution in [0.15, 0.2) is 36.4 Å². The zero-order valence-electron chi connectivity index (χ0n) is 12.2. The quantitative estimate of drug-likeness (QED) is 0.635. The smallest absolute Gasteiger partial charge is 0.387 e. The topological polar surface area (TPSA) is 46.6 Å². The molecular formula is C17H15F2NO3. The summed E-state index contributed by atoms with van der Waals surface area (Å²) < 4.78 is 29.7. The number of rotatable bonds is 3. The van der Waals surface area contributed by atoms with Crippen LogP contribution in [0.1, 0.15) is 12.8 Å². The number of hydrogen-bond acceptors (Lipinski definition) is 3. The number of amides is 2. The Hall–Kier alpha value is -2.24. The fourth-order valence-electron chi connectivity index (χ4n) is 4.15. The first-order valence-corrected chi connectivity index (χ1v) is 7.68. The van der Waals surface area contributed by atoms with E-state index in [4.69, 9.17) is 0 Å². The van der Waals surface area contributed by atoms with E-state index in [1.54, 1.807) is 6.07 Å². The van der Waals surface area contributed by atoms with Gasteiger partial charge < -0.3 is 4.74 Å². The third-order valence-corrected chi connectivity index (χ3v) is 5.08. The number of imide groups is 1. The standard InChI is InChI=1S/C17H15F2NO3/c18-17(19)23-12-4-2-1-3-11(12)20-15(21)13-9-5-6-10(8-7-9)14(13)16(20)22/h1-6,9-10,13-14,17H,7-8H2/t9-,10-,13+,14+/m0/s1. The van der Waals surface area contributed by atoms with Crippen LogP contribution in [0, 0.1) is 23.7 Å². The summed E-state index contributed by atoms with van der Waals surface area (Å²) >= 11 is 0. The molecule has 1 saturated carbocycles. The Morgan fingerprint density at radius 3 is 2.09 bits per heavy atom. The van der Waals surface area contributed by atoms with Gasteiger partial charge in [0.1, 0.15) is 5.75 Å². The molecule has 2 fully saturated rings. The molecule has 1 aliphatic heterocycles. The van der Waals surface area contributed by atoms with E-state index in [0.717, 1.165) is 17.7 Å². The van der Waals surface area contributed by atoms with E-state index < -0.39 is 6.61 Å². The molecule has 0 radical (unpaired) electrons. The molecule has 6 heteroatoms. The van der Waals surface area contributed by atoms with E-state index in [1.807, 2.05) is 12.2 Å². The summed E-state index contributed by atoms with van der Waals surface area (Å²) in [5, 5.41) is 0. The van der Waals surface area contributed by atoms with Gasteiger partial charge in [0, 0.05) is 0 Å². The van der Waals surface area contributed by atoms with E-state index in [0.29, 0.717) is 0 Å². The first-order valence-electron chi connectivity index (χ1n) is 7.68. The molecule has 0 N–H and O–H groups in total. The number of hydrogen-bond donors (Lipinski definition) is 0. The molecule has 2 amide bonds. The SMILES string of the molecule is O=C1[C@H]2[C@H](C(=O)N1c1ccccc1OC(F)F)[C@H]1C=C[C@H]2CC1. The number of halogens is 2. The number of alkyl halides is 2. The van der Waals surface area contributed by atoms with Crippen LogP contribution in [0.3, 0.4) is 0 Å². The molecule has 1 heterocycles. The lowest BCUT2D eigenvalue weighted by molar-refractivity contribution is -0.124. The Bertz CT molecular complexity index is 671. The maximum atomic E-state index is 12.8. The van der Waals surface area contributed by atoms with Gasteiger partial charge in [0.25, 0.3) is 0 Å². The first-order chi connectivity index (χ1) is 11.1. The Balaban J connectivity index is 1.74. The van der Waals surface area contributed by atoms with Crippen LogP contribution in [0.5, 0.6) is 5.75 Å². The summed E-state index contributed by atoms with van der Waals surface area (Å²) in [5.41, 5.74) is 0.108. The molecule has 5 rings (SSSR count). The van der Waals surface area contributed by atoms with Gasteiger partial charge in [-0.2, -0.15) is 8.78 Å². The van der Waals surface area contributed by atoms with E-state index in [9.17, 15) is 18.4 Å². The number of ether oxygens (including phenoxy) is 1. The molecule has 4 atom stereocenters. The third kappa shape index (κ3) is 2.08. The second-order valence-corrected chi connectivity index (χ2v) is 6.20. The Kier molecular flexibility index (Phi) is 3.21. The second-order valence-electron chi connectivity index (χ2n) is 6.20. The van der Waals surface area contributed by atoms with Crippen LogP contribution in [-0.2, 0) is 9.59 Å². The summed E-state index contributed by atoms with van der Waals surface area (Å²) in [6.45, 7) is -3.01. The zero-order chi connectivity index (χ0) is 16.1. The van der Waals surface area contributed by atoms with Crippen molar-refractivity contribution in [1.82, 2.24) is 0 Å². The molecule has 4 aliphatic rings. The van der Waals surface area contributed by atoms with Crippen molar-refractivity contribution in [2.24, 2.45) is 23.7 Å². The number of allylic oxidation sites excluding steroid dienone is 2. The number of carbonyl (C=O) groups excluding carboxylic acids is 2. The van der Waals surface area contributed by atoms with Gasteiger partial charge >= 0.3 is 6.61 Å². The summed E-state index contributed by atoms with van der Waals surface area (Å²) in [7, 11) is 0. The van der Waals surface area contributed by atoms with Crippen molar-refractivity contribution in [2.75, 3.05) is 4.90 Å². The van der Waals surface area contributed by atoms with Gasteiger partial charge in [0.15, 0.2) is 0 Å². The number of carbonyl (C=O) groups is 2. The van der Waals surface area contributed by atoms with Gasteiger partial charge in [0.2, 0.25) is 11.8 Å². The van der Waals surface area contributed by atoms with Crippen molar-refractivity contribution >= 4 is 17.5 Å². The lowest BCUT2D eigenvalue weighted by atomic mass is 9.63. The van der Waals surface area contributed by atoms with E-state index in [-0.39, 0.29) is 46.9 Å². The molecule has 0 spiro atoms. The minimum atomic E-state index is -3.01. The van der Waals surface area contributed by atoms with Gasteiger partial charge in [0.05, 0.1) is 17.5 Å². The maximum Gasteiger partial charge on any atom is 0.387 e. The van der Waals surface area contributed by atoms with Gasteiger partial charge in [-0.25, -0.2) is 4.90 Å². The normalized spacial score (nSPS) is 31.9. The summed E-state index contributed by atoms with van der Waals surface area (Å²) in [6.07, 6.45) is 5.83. The van der Waals surface area contributed by atoms with E-state index in [2.05, 4.69) is 4.74 Å². The Morgan fingerprint density at radius 1 is 1.00 bits per heavy atom. The van der Waals surface area contributed by atoms with Gasteiger partial charge in [-0.05, 0) is 36.8 Å². The predicted molar refractivity (Wildman–Crippen MR) is 77.9 cm³/mol. The summed E-state index contributed by atoms with van der Waals surface area (Å²) in [6, 6.07) is 5.95. The first kappa shape index (κ1) is 14.4. The van der Waals surface area contributed by atoms with E-state index >= 15 is 0 Å². The van der Waals surface area contributed by atoms with Crippen molar-refractivity contribution in [2.45, 2.75) is 19.5 Å². The van der Waals surface area contributed by atoms with Crippen LogP contribution >= 0.6 is 0 Å². The van der Waals surface area contributed by atoms with Crippen molar-refractivity contribution in [1.29, 1.82) is 0 Å². The van der Waals surface area contributed by atoms with Crippen molar-refractivity contribution < 1.29 is 23.1 Å². The Labute approximate surface area is 131 Å². The molecular weight excluding hydrogens is 304 g/mol. The van der Waals surface area contributed by atoms with Crippen LogP contribution in [0.2, 0.25) is 0 Å². The molecule has 1 saturated heterocycles. The highest BCUT2D eigenvalue weighted by atomic mass is 19.3. The van der Waals surface area contributed by atoms with Gasteiger partial charge in [-0.3, -0.25) is 9.59 Å². The number of fused-ring (bicyclic) bond motifs is 1. The Morgan fingerprint density at radius 2 is 1.57 bits per heavy atom. The fourth-order valence-corrected chi connectivity index (χ4v) is 4.15. The van der Waals surface area contributed by atoms with Crippen LogP contribution in [0.25, 0.3) is 0 Å². The molecule has 1 aromatic carbocycles. The lowest BCUT2D eigenvalue weighted by Gasteiger charge is -2.38. The van der Waals surface area contributed by atoms with Crippen molar-refractivity contribution in [3.05, 3.63) is 36.4 Å². The molecule has 120 valence electrons. The average Bonchev–Trinajstić information content (AvgIpc) is 2.82. The summed E-state index contributed by atoms with van der Waals surface area (Å²) in [5.74, 6) is -1.36. The summed E-state index contributed by atoms with van der Waals surface area (Å²) in [4.78, 5) is 26.7. The molecule has 1 aromatic rings. The highest BCUT2D eigenvalue weighted by molar-refractivity contribution is 6.23. The zero-order valence-corrected chi connectivity index (χ0v) is 12.2. The highest BCUT2D eigenvalue weighted by Gasteiger charge is 2.57. The fraction of sp³-hybridized carbons (Fsp3) is 0.412. The van der Waals surface area contributed by atoms with Gasteiger partial charge in [-0.15, -0.1) is 0 Å². The molecule has 23 heavy (non-hydrogen) atoms. The number of nitrogens with zero attached hydrogens (tertiary/aromatic N) is 1. The molecule has 4 nitrogen and oxygen atoms in total. The number of anilines is 1. The van der Waals surface area contributed by atoms with Gasteiger partial charge in [-0.1, -0.05) is 24.3 Å². The largest absolute Gasteiger partial charge is 0.433 e. The van der Waals surface area contributed by atoms with Crippen LogP contribution in [0.4, 0.5) is 14.5 Å². The van der Waals surface area contributed by atoms with Crippen LogP contribution < -0.4 is 9.64 Å². The molecule has 0 unspecified atom stereocenters. The molecule has 2 bridgehead atoms. The molecule has 3 aliphatic carbocycles. The monoisotopic (exact) mass is 319 g/mol. The third-order valence-electron chi connectivity index (χ3n) is 5.08. The predicted octanol–water partition coefficient (Wildman–Crippen LogP) is 2.99. The van der Waals surface area contributed by atoms with Crippen molar-refractivity contribution in [3.63, 3.8) is 0 Å². The second kappa shape index (κ2) is 5.15. The van der Waals surface area contributed by atoms with Crippen molar-refractivity contribution in [3.8, 4) is 5.75 Å². The number of benzene rings is 1. The minimum absolute atomic E-state index is 0.0645. The number of para-hydroxylation sites is 2. The highest BCUT2D eigenvalue weighted by Crippen LogP contribution is 2.51. The van der Waals surface area contributed by atoms with Crippen LogP contribution in [-0.4, -0.2) is 18.4 Å². The molecule has 0 aromatic heterocycles.